The summed E-state index contributed by atoms with van der Waals surface area (Å²) >= 11 is 2.04. The molecule has 2 N–H and O–H groups in total. The molecule has 0 spiro atoms. The first-order valence-electron chi connectivity index (χ1n) is 8.54. The molecule has 4 nitrogen and oxygen atoms in total. The van der Waals surface area contributed by atoms with Gasteiger partial charge in [0.15, 0.2) is 0 Å². The topological polar surface area (TPSA) is 44.4 Å². The fourth-order valence-electron chi connectivity index (χ4n) is 3.11. The van der Waals surface area contributed by atoms with Crippen molar-refractivity contribution in [3.63, 3.8) is 0 Å². The molecule has 0 aromatic heterocycles. The fraction of sp³-hybridized carbons (Fsp3) is 0.611. The van der Waals surface area contributed by atoms with Crippen molar-refractivity contribution in [2.75, 3.05) is 43.0 Å². The summed E-state index contributed by atoms with van der Waals surface area (Å²) < 4.78 is 0. The number of amides is 1. The van der Waals surface area contributed by atoms with Crippen LogP contribution in [0.1, 0.15) is 18.1 Å². The third kappa shape index (κ3) is 6.04. The van der Waals surface area contributed by atoms with Crippen molar-refractivity contribution in [1.29, 1.82) is 0 Å². The number of nitrogens with zero attached hydrogens (tertiary/aromatic N) is 1. The largest absolute Gasteiger partial charge is 0.326 e. The minimum atomic E-state index is 0. The molecule has 7 heteroatoms. The lowest BCUT2D eigenvalue weighted by atomic mass is 9.88. The Morgan fingerprint density at radius 3 is 2.56 bits per heavy atom. The van der Waals surface area contributed by atoms with Gasteiger partial charge in [-0.15, -0.1) is 24.8 Å². The molecule has 1 aromatic carbocycles. The Balaban J connectivity index is 0.00000156. The minimum absolute atomic E-state index is 0. The lowest BCUT2D eigenvalue weighted by Crippen LogP contribution is -2.48. The van der Waals surface area contributed by atoms with E-state index in [1.54, 1.807) is 0 Å². The van der Waals surface area contributed by atoms with Gasteiger partial charge in [0, 0.05) is 42.7 Å². The number of nitrogens with one attached hydrogen (secondary N) is 2. The lowest BCUT2D eigenvalue weighted by molar-refractivity contribution is -0.121. The third-order valence-corrected chi connectivity index (χ3v) is 5.93. The number of carbonyl (C=O) groups excluding carboxylic acids is 1. The number of aryl methyl sites for hydroxylation is 1. The second-order valence-corrected chi connectivity index (χ2v) is 7.96. The summed E-state index contributed by atoms with van der Waals surface area (Å²) in [4.78, 5) is 14.9. The van der Waals surface area contributed by atoms with Gasteiger partial charge in [-0.1, -0.05) is 19.1 Å². The van der Waals surface area contributed by atoms with Crippen molar-refractivity contribution in [2.45, 2.75) is 20.4 Å². The van der Waals surface area contributed by atoms with Gasteiger partial charge in [-0.2, -0.15) is 11.8 Å². The summed E-state index contributed by atoms with van der Waals surface area (Å²) in [7, 11) is 0. The van der Waals surface area contributed by atoms with Crippen molar-refractivity contribution in [3.8, 4) is 0 Å². The molecule has 0 radical (unpaired) electrons. The van der Waals surface area contributed by atoms with Crippen molar-refractivity contribution >= 4 is 48.2 Å². The standard InChI is InChI=1S/C18H27N3OS.2ClH/c1-13-9-15(12-21-5-7-23-8-6-21)3-4-17(13)20-18(22)14(2)16-10-19-11-16;;/h3-4,9,14,16,19H,5-8,10-12H2,1-2H3,(H,20,22);2*1H. The van der Waals surface area contributed by atoms with Crippen LogP contribution in [-0.4, -0.2) is 48.5 Å². The molecular weight excluding hydrogens is 377 g/mol. The Kier molecular flexibility index (Phi) is 9.60. The van der Waals surface area contributed by atoms with Gasteiger partial charge in [0.25, 0.3) is 0 Å². The Hall–Kier alpha value is -0.460. The maximum Gasteiger partial charge on any atom is 0.227 e. The van der Waals surface area contributed by atoms with Gasteiger partial charge in [-0.25, -0.2) is 0 Å². The molecule has 0 aliphatic carbocycles. The number of halogens is 2. The number of hydrogen-bond acceptors (Lipinski definition) is 4. The Morgan fingerprint density at radius 1 is 1.32 bits per heavy atom. The average Bonchev–Trinajstić information content (AvgIpc) is 2.49. The zero-order valence-electron chi connectivity index (χ0n) is 14.9. The second kappa shape index (κ2) is 10.6. The molecule has 2 aliphatic heterocycles. The van der Waals surface area contributed by atoms with E-state index in [4.69, 9.17) is 0 Å². The highest BCUT2D eigenvalue weighted by molar-refractivity contribution is 7.99. The summed E-state index contributed by atoms with van der Waals surface area (Å²) in [5.41, 5.74) is 3.44. The van der Waals surface area contributed by atoms with Crippen molar-refractivity contribution in [3.05, 3.63) is 29.3 Å². The van der Waals surface area contributed by atoms with Crippen LogP contribution in [0.2, 0.25) is 0 Å². The van der Waals surface area contributed by atoms with Crippen molar-refractivity contribution < 1.29 is 4.79 Å². The van der Waals surface area contributed by atoms with E-state index in [2.05, 4.69) is 40.7 Å². The molecule has 2 saturated heterocycles. The van der Waals surface area contributed by atoms with Crippen molar-refractivity contribution in [1.82, 2.24) is 10.2 Å². The Labute approximate surface area is 167 Å². The molecule has 1 aromatic rings. The molecular formula is C18H29Cl2N3OS. The number of benzene rings is 1. The van der Waals surface area contributed by atoms with Gasteiger partial charge >= 0.3 is 0 Å². The van der Waals surface area contributed by atoms with E-state index in [0.29, 0.717) is 5.92 Å². The summed E-state index contributed by atoms with van der Waals surface area (Å²) in [5.74, 6) is 3.16. The molecule has 2 aliphatic rings. The van der Waals surface area contributed by atoms with Crippen LogP contribution in [0.5, 0.6) is 0 Å². The Bertz CT molecular complexity index is 563. The van der Waals surface area contributed by atoms with Gasteiger partial charge in [0.1, 0.15) is 0 Å². The van der Waals surface area contributed by atoms with Crippen LogP contribution >= 0.6 is 36.6 Å². The van der Waals surface area contributed by atoms with Crippen LogP contribution in [0.25, 0.3) is 0 Å². The third-order valence-electron chi connectivity index (χ3n) is 4.99. The van der Waals surface area contributed by atoms with E-state index < -0.39 is 0 Å². The van der Waals surface area contributed by atoms with Crippen LogP contribution in [-0.2, 0) is 11.3 Å². The molecule has 1 atom stereocenters. The van der Waals surface area contributed by atoms with Crippen LogP contribution in [0.15, 0.2) is 18.2 Å². The molecule has 2 heterocycles. The smallest absolute Gasteiger partial charge is 0.227 e. The number of rotatable bonds is 5. The first-order chi connectivity index (χ1) is 11.1. The van der Waals surface area contributed by atoms with E-state index >= 15 is 0 Å². The first-order valence-corrected chi connectivity index (χ1v) is 9.70. The molecule has 1 unspecified atom stereocenters. The lowest BCUT2D eigenvalue weighted by Gasteiger charge is -2.31. The van der Waals surface area contributed by atoms with Gasteiger partial charge in [-0.3, -0.25) is 9.69 Å². The van der Waals surface area contributed by atoms with E-state index in [9.17, 15) is 4.79 Å². The normalized spacial score (nSPS) is 19.1. The number of hydrogen-bond donors (Lipinski definition) is 2. The molecule has 0 bridgehead atoms. The highest BCUT2D eigenvalue weighted by Crippen LogP contribution is 2.22. The predicted octanol–water partition coefficient (Wildman–Crippen LogP) is 3.18. The van der Waals surface area contributed by atoms with E-state index in [1.807, 2.05) is 18.7 Å². The molecule has 1 amide bonds. The van der Waals surface area contributed by atoms with E-state index in [0.717, 1.165) is 30.9 Å². The van der Waals surface area contributed by atoms with Gasteiger partial charge in [0.05, 0.1) is 0 Å². The average molecular weight is 406 g/mol. The highest BCUT2D eigenvalue weighted by atomic mass is 35.5. The quantitative estimate of drug-likeness (QED) is 0.789. The summed E-state index contributed by atoms with van der Waals surface area (Å²) in [6.45, 7) is 9.39. The zero-order chi connectivity index (χ0) is 16.2. The SMILES string of the molecule is Cc1cc(CN2CCSCC2)ccc1NC(=O)C(C)C1CNC1.Cl.Cl. The summed E-state index contributed by atoms with van der Waals surface area (Å²) in [6, 6.07) is 6.43. The second-order valence-electron chi connectivity index (χ2n) is 6.73. The van der Waals surface area contributed by atoms with Crippen molar-refractivity contribution in [2.24, 2.45) is 11.8 Å². The molecule has 142 valence electrons. The molecule has 3 rings (SSSR count). The zero-order valence-corrected chi connectivity index (χ0v) is 17.4. The minimum Gasteiger partial charge on any atom is -0.326 e. The maximum absolute atomic E-state index is 12.4. The summed E-state index contributed by atoms with van der Waals surface area (Å²) in [5, 5.41) is 6.34. The number of carbonyl (C=O) groups is 1. The summed E-state index contributed by atoms with van der Waals surface area (Å²) in [6.07, 6.45) is 0. The van der Waals surface area contributed by atoms with E-state index in [1.165, 1.54) is 30.2 Å². The monoisotopic (exact) mass is 405 g/mol. The molecule has 25 heavy (non-hydrogen) atoms. The fourth-order valence-corrected chi connectivity index (χ4v) is 4.09. The van der Waals surface area contributed by atoms with Crippen LogP contribution in [0.4, 0.5) is 5.69 Å². The highest BCUT2D eigenvalue weighted by Gasteiger charge is 2.28. The van der Waals surface area contributed by atoms with E-state index in [-0.39, 0.29) is 36.6 Å². The number of anilines is 1. The maximum atomic E-state index is 12.4. The van der Waals surface area contributed by atoms with Gasteiger partial charge < -0.3 is 10.6 Å². The van der Waals surface area contributed by atoms with Gasteiger partial charge in [-0.05, 0) is 43.1 Å². The van der Waals surface area contributed by atoms with Crippen LogP contribution < -0.4 is 10.6 Å². The van der Waals surface area contributed by atoms with Crippen LogP contribution in [0, 0.1) is 18.8 Å². The predicted molar refractivity (Wildman–Crippen MR) is 112 cm³/mol. The Morgan fingerprint density at radius 2 is 2.00 bits per heavy atom. The molecule has 2 fully saturated rings. The first kappa shape index (κ1) is 22.6. The van der Waals surface area contributed by atoms with Gasteiger partial charge in [0.2, 0.25) is 5.91 Å². The van der Waals surface area contributed by atoms with Crippen LogP contribution in [0.3, 0.4) is 0 Å². The number of thioether (sulfide) groups is 1. The molecule has 0 saturated carbocycles.